The Morgan fingerprint density at radius 3 is 2.63 bits per heavy atom. The second-order valence-electron chi connectivity index (χ2n) is 4.54. The molecule has 1 unspecified atom stereocenters. The van der Waals surface area contributed by atoms with Crippen molar-refractivity contribution in [2.75, 3.05) is 7.05 Å². The quantitative estimate of drug-likeness (QED) is 0.932. The number of hydrogen-bond donors (Lipinski definition) is 1. The van der Waals surface area contributed by atoms with E-state index in [2.05, 4.69) is 17.3 Å². The van der Waals surface area contributed by atoms with Gasteiger partial charge in [-0.05, 0) is 38.6 Å². The minimum absolute atomic E-state index is 0.209. The number of rotatable bonds is 4. The molecule has 1 aromatic heterocycles. The molecule has 2 rings (SSSR count). The predicted molar refractivity (Wildman–Crippen MR) is 76.9 cm³/mol. The Morgan fingerprint density at radius 2 is 2.11 bits per heavy atom. The van der Waals surface area contributed by atoms with Crippen LogP contribution < -0.4 is 10.1 Å². The highest BCUT2D eigenvalue weighted by molar-refractivity contribution is 6.31. The third kappa shape index (κ3) is 3.08. The van der Waals surface area contributed by atoms with Crippen LogP contribution in [0.25, 0.3) is 0 Å². The number of aryl methyl sites for hydroxylation is 2. The van der Waals surface area contributed by atoms with Gasteiger partial charge in [0.1, 0.15) is 5.75 Å². The molecule has 5 heteroatoms. The minimum atomic E-state index is 0.209. The molecule has 0 fully saturated rings. The van der Waals surface area contributed by atoms with E-state index in [0.717, 1.165) is 11.3 Å². The molecule has 1 heterocycles. The molecule has 1 aromatic carbocycles. The van der Waals surface area contributed by atoms with Gasteiger partial charge >= 0.3 is 0 Å². The maximum Gasteiger partial charge on any atom is 0.217 e. The monoisotopic (exact) mass is 279 g/mol. The van der Waals surface area contributed by atoms with Gasteiger partial charge in [0.25, 0.3) is 0 Å². The molecule has 1 N–H and O–H groups in total. The Labute approximate surface area is 118 Å². The molecule has 0 amide bonds. The summed E-state index contributed by atoms with van der Waals surface area (Å²) in [4.78, 5) is 0. The van der Waals surface area contributed by atoms with Crippen molar-refractivity contribution in [1.82, 2.24) is 15.1 Å². The number of nitrogens with one attached hydrogen (secondary N) is 1. The molecule has 19 heavy (non-hydrogen) atoms. The number of halogens is 1. The highest BCUT2D eigenvalue weighted by atomic mass is 35.5. The number of hydrogen-bond acceptors (Lipinski definition) is 3. The first-order chi connectivity index (χ1) is 9.01. The van der Waals surface area contributed by atoms with Crippen molar-refractivity contribution in [2.24, 2.45) is 7.05 Å². The van der Waals surface area contributed by atoms with E-state index < -0.39 is 0 Å². The number of nitrogens with zero attached hydrogens (tertiary/aromatic N) is 2. The summed E-state index contributed by atoms with van der Waals surface area (Å²) in [6, 6.07) is 7.81. The molecule has 0 radical (unpaired) electrons. The first-order valence-electron chi connectivity index (χ1n) is 6.16. The molecule has 0 saturated carbocycles. The molecule has 4 nitrogen and oxygen atoms in total. The Morgan fingerprint density at radius 1 is 1.37 bits per heavy atom. The Kier molecular flexibility index (Phi) is 4.12. The molecule has 2 aromatic rings. The average molecular weight is 280 g/mol. The molecular weight excluding hydrogens is 262 g/mol. The lowest BCUT2D eigenvalue weighted by Gasteiger charge is -2.13. The van der Waals surface area contributed by atoms with E-state index in [1.807, 2.05) is 45.3 Å². The molecule has 0 aliphatic heterocycles. The van der Waals surface area contributed by atoms with E-state index in [9.17, 15) is 0 Å². The summed E-state index contributed by atoms with van der Waals surface area (Å²) in [6.45, 7) is 3.99. The van der Waals surface area contributed by atoms with Gasteiger partial charge in [-0.25, -0.2) is 4.68 Å². The van der Waals surface area contributed by atoms with Crippen LogP contribution in [0.15, 0.2) is 24.3 Å². The summed E-state index contributed by atoms with van der Waals surface area (Å²) in [5, 5.41) is 8.09. The number of benzene rings is 1. The fourth-order valence-electron chi connectivity index (χ4n) is 1.88. The van der Waals surface area contributed by atoms with Crippen LogP contribution in [0.5, 0.6) is 11.6 Å². The lowest BCUT2D eigenvalue weighted by molar-refractivity contribution is 0.430. The Balaban J connectivity index is 2.23. The van der Waals surface area contributed by atoms with Gasteiger partial charge in [0, 0.05) is 24.2 Å². The van der Waals surface area contributed by atoms with Crippen molar-refractivity contribution in [3.63, 3.8) is 0 Å². The fourth-order valence-corrected chi connectivity index (χ4v) is 2.22. The molecule has 0 spiro atoms. The van der Waals surface area contributed by atoms with Gasteiger partial charge < -0.3 is 10.1 Å². The second kappa shape index (κ2) is 5.63. The summed E-state index contributed by atoms with van der Waals surface area (Å²) >= 11 is 6.27. The molecule has 0 bridgehead atoms. The molecule has 0 aliphatic carbocycles. The number of aromatic nitrogens is 2. The van der Waals surface area contributed by atoms with Crippen LogP contribution in [0.1, 0.15) is 24.2 Å². The first-order valence-corrected chi connectivity index (χ1v) is 6.54. The maximum absolute atomic E-state index is 6.27. The summed E-state index contributed by atoms with van der Waals surface area (Å²) < 4.78 is 7.48. The standard InChI is InChI=1S/C14H18ClN3O/c1-9-7-14(18(4)17-9)19-11-5-6-12(10(2)16-3)13(15)8-11/h5-8,10,16H,1-4H3. The summed E-state index contributed by atoms with van der Waals surface area (Å²) in [7, 11) is 3.76. The van der Waals surface area contributed by atoms with E-state index in [0.29, 0.717) is 16.7 Å². The SMILES string of the molecule is CNC(C)c1ccc(Oc2cc(C)nn2C)cc1Cl. The fraction of sp³-hybridized carbons (Fsp3) is 0.357. The van der Waals surface area contributed by atoms with E-state index in [1.54, 1.807) is 4.68 Å². The van der Waals surface area contributed by atoms with Crippen molar-refractivity contribution >= 4 is 11.6 Å². The van der Waals surface area contributed by atoms with Gasteiger partial charge in [-0.15, -0.1) is 0 Å². The topological polar surface area (TPSA) is 39.1 Å². The van der Waals surface area contributed by atoms with Crippen LogP contribution >= 0.6 is 11.6 Å². The van der Waals surface area contributed by atoms with Crippen molar-refractivity contribution in [3.8, 4) is 11.6 Å². The highest BCUT2D eigenvalue weighted by Crippen LogP contribution is 2.29. The summed E-state index contributed by atoms with van der Waals surface area (Å²) in [5.74, 6) is 1.41. The van der Waals surface area contributed by atoms with E-state index in [-0.39, 0.29) is 6.04 Å². The van der Waals surface area contributed by atoms with Crippen LogP contribution in [-0.4, -0.2) is 16.8 Å². The minimum Gasteiger partial charge on any atom is -0.439 e. The van der Waals surface area contributed by atoms with Gasteiger partial charge in [0.2, 0.25) is 5.88 Å². The molecular formula is C14H18ClN3O. The lowest BCUT2D eigenvalue weighted by Crippen LogP contribution is -2.12. The van der Waals surface area contributed by atoms with Crippen LogP contribution in [0, 0.1) is 6.92 Å². The lowest BCUT2D eigenvalue weighted by atomic mass is 10.1. The van der Waals surface area contributed by atoms with Crippen LogP contribution in [-0.2, 0) is 7.05 Å². The van der Waals surface area contributed by atoms with Gasteiger partial charge in [0.15, 0.2) is 0 Å². The van der Waals surface area contributed by atoms with Crippen molar-refractivity contribution < 1.29 is 4.74 Å². The second-order valence-corrected chi connectivity index (χ2v) is 4.95. The van der Waals surface area contributed by atoms with Crippen molar-refractivity contribution in [2.45, 2.75) is 19.9 Å². The molecule has 0 saturated heterocycles. The number of ether oxygens (including phenoxy) is 1. The van der Waals surface area contributed by atoms with Gasteiger partial charge in [-0.2, -0.15) is 5.10 Å². The average Bonchev–Trinajstić information content (AvgIpc) is 2.67. The third-order valence-corrected chi connectivity index (χ3v) is 3.38. The zero-order valence-corrected chi connectivity index (χ0v) is 12.3. The van der Waals surface area contributed by atoms with Crippen molar-refractivity contribution in [3.05, 3.63) is 40.5 Å². The van der Waals surface area contributed by atoms with E-state index in [1.165, 1.54) is 0 Å². The van der Waals surface area contributed by atoms with Crippen LogP contribution in [0.4, 0.5) is 0 Å². The zero-order valence-electron chi connectivity index (χ0n) is 11.6. The Bertz CT molecular complexity index is 580. The molecule has 1 atom stereocenters. The highest BCUT2D eigenvalue weighted by Gasteiger charge is 2.10. The van der Waals surface area contributed by atoms with E-state index in [4.69, 9.17) is 16.3 Å². The summed E-state index contributed by atoms with van der Waals surface area (Å²) in [5.41, 5.74) is 1.97. The third-order valence-electron chi connectivity index (χ3n) is 3.05. The largest absolute Gasteiger partial charge is 0.439 e. The Hall–Kier alpha value is -1.52. The van der Waals surface area contributed by atoms with Gasteiger partial charge in [-0.3, -0.25) is 0 Å². The summed E-state index contributed by atoms with van der Waals surface area (Å²) in [6.07, 6.45) is 0. The smallest absolute Gasteiger partial charge is 0.217 e. The van der Waals surface area contributed by atoms with Crippen molar-refractivity contribution in [1.29, 1.82) is 0 Å². The van der Waals surface area contributed by atoms with E-state index >= 15 is 0 Å². The van der Waals surface area contributed by atoms with Crippen LogP contribution in [0.3, 0.4) is 0 Å². The van der Waals surface area contributed by atoms with Crippen LogP contribution in [0.2, 0.25) is 5.02 Å². The predicted octanol–water partition coefficient (Wildman–Crippen LogP) is 3.45. The normalized spacial score (nSPS) is 12.5. The molecule has 102 valence electrons. The molecule has 0 aliphatic rings. The maximum atomic E-state index is 6.27. The van der Waals surface area contributed by atoms with Gasteiger partial charge in [0.05, 0.1) is 5.69 Å². The first kappa shape index (κ1) is 13.9. The van der Waals surface area contributed by atoms with Gasteiger partial charge in [-0.1, -0.05) is 17.7 Å². The zero-order chi connectivity index (χ0) is 14.0.